The van der Waals surface area contributed by atoms with E-state index in [1.165, 1.54) is 48.2 Å². The number of carbonyl (C=O) groups is 1. The fourth-order valence-corrected chi connectivity index (χ4v) is 7.70. The third-order valence-corrected chi connectivity index (χ3v) is 9.75. The normalized spacial score (nSPS) is 16.1. The number of alkyl halides is 3. The molecule has 2 aromatic heterocycles. The lowest BCUT2D eigenvalue weighted by Crippen LogP contribution is -2.40. The number of fused-ring (bicyclic) bond motifs is 2. The Hall–Kier alpha value is -3.39. The van der Waals surface area contributed by atoms with Crippen LogP contribution in [0.5, 0.6) is 5.88 Å². The van der Waals surface area contributed by atoms with E-state index in [1.807, 2.05) is 0 Å². The number of hydrogen-bond acceptors (Lipinski definition) is 6. The molecule has 8 nitrogen and oxygen atoms in total. The maximum Gasteiger partial charge on any atom is 0.574 e. The van der Waals surface area contributed by atoms with E-state index in [0.717, 1.165) is 16.5 Å². The summed E-state index contributed by atoms with van der Waals surface area (Å²) in [6.07, 6.45) is -5.07. The number of halogens is 6. The number of likely N-dealkylation sites (N-methyl/N-ethyl adjacent to an activating group) is 1. The fraction of sp³-hybridized carbons (Fsp3) is 0.286. The highest BCUT2D eigenvalue weighted by atomic mass is 35.5. The monoisotopic (exact) mass is 658 g/mol. The number of nitrogens with zero attached hydrogens (tertiary/aromatic N) is 4. The molecule has 0 spiro atoms. The van der Waals surface area contributed by atoms with E-state index in [9.17, 15) is 30.8 Å². The quantitative estimate of drug-likeness (QED) is 0.220. The molecule has 3 heterocycles. The fourth-order valence-electron chi connectivity index (χ4n) is 5.08. The second-order valence-electron chi connectivity index (χ2n) is 10.3. The van der Waals surface area contributed by atoms with Gasteiger partial charge in [0.1, 0.15) is 11.5 Å². The van der Waals surface area contributed by atoms with Gasteiger partial charge in [-0.2, -0.15) is 0 Å². The van der Waals surface area contributed by atoms with Crippen LogP contribution in [-0.2, 0) is 9.84 Å². The predicted molar refractivity (Wildman–Crippen MR) is 153 cm³/mol. The van der Waals surface area contributed by atoms with E-state index in [1.54, 1.807) is 19.0 Å². The third-order valence-electron chi connectivity index (χ3n) is 7.02. The molecule has 2 aromatic carbocycles. The lowest BCUT2D eigenvalue weighted by molar-refractivity contribution is -0.276. The summed E-state index contributed by atoms with van der Waals surface area (Å²) in [5, 5.41) is -0.131. The van der Waals surface area contributed by atoms with E-state index in [0.29, 0.717) is 6.54 Å². The lowest BCUT2D eigenvalue weighted by atomic mass is 10.0. The first-order chi connectivity index (χ1) is 20.1. The molecule has 0 aliphatic carbocycles. The van der Waals surface area contributed by atoms with Crippen LogP contribution in [0.25, 0.3) is 16.9 Å². The minimum absolute atomic E-state index is 0.0212. The van der Waals surface area contributed by atoms with Gasteiger partial charge in [0.05, 0.1) is 32.4 Å². The van der Waals surface area contributed by atoms with Crippen LogP contribution in [0.2, 0.25) is 10.0 Å². The smallest absolute Gasteiger partial charge is 0.389 e. The number of ether oxygens (including phenoxy) is 1. The molecular weight excluding hydrogens is 635 g/mol. The molecule has 1 amide bonds. The zero-order valence-electron chi connectivity index (χ0n) is 22.9. The van der Waals surface area contributed by atoms with Gasteiger partial charge in [0.2, 0.25) is 5.88 Å². The van der Waals surface area contributed by atoms with E-state index >= 15 is 0 Å². The highest BCUT2D eigenvalue weighted by molar-refractivity contribution is 7.92. The largest absolute Gasteiger partial charge is 0.574 e. The highest BCUT2D eigenvalue weighted by Crippen LogP contribution is 2.44. The molecule has 1 unspecified atom stereocenters. The average molecular weight is 659 g/mol. The third kappa shape index (κ3) is 5.91. The number of rotatable bonds is 7. The molecule has 1 aliphatic rings. The Bertz CT molecular complexity index is 1860. The number of carbonyl (C=O) groups excluding carboxylic acids is 1. The van der Waals surface area contributed by atoms with Crippen molar-refractivity contribution >= 4 is 44.6 Å². The molecular formula is C28H24Cl2F4N4O4S. The van der Waals surface area contributed by atoms with Gasteiger partial charge in [-0.15, -0.1) is 13.2 Å². The number of amides is 1. The summed E-state index contributed by atoms with van der Waals surface area (Å²) in [7, 11) is -0.446. The summed E-state index contributed by atoms with van der Waals surface area (Å²) in [6, 6.07) is 9.46. The minimum Gasteiger partial charge on any atom is -0.389 e. The average Bonchev–Trinajstić information content (AvgIpc) is 3.43. The van der Waals surface area contributed by atoms with Crippen molar-refractivity contribution in [1.29, 1.82) is 0 Å². The Kier molecular flexibility index (Phi) is 8.14. The second kappa shape index (κ2) is 11.3. The Morgan fingerprint density at radius 2 is 1.84 bits per heavy atom. The van der Waals surface area contributed by atoms with Crippen LogP contribution in [0.1, 0.15) is 27.7 Å². The van der Waals surface area contributed by atoms with Gasteiger partial charge in [0.15, 0.2) is 15.5 Å². The van der Waals surface area contributed by atoms with E-state index in [2.05, 4.69) is 9.72 Å². The first kappa shape index (κ1) is 31.0. The van der Waals surface area contributed by atoms with Gasteiger partial charge in [-0.05, 0) is 68.5 Å². The van der Waals surface area contributed by atoms with E-state index < -0.39 is 45.6 Å². The second-order valence-corrected chi connectivity index (χ2v) is 13.0. The SMILES string of the molecule is Cc1cc(-c2c(C(=O)N(CCN(C)C)C3CS(=O)(=O)c4c3ccc(Cl)c4Cl)nc3cccc(OC(F)(F)F)n23)ccc1F. The van der Waals surface area contributed by atoms with Crippen LogP contribution in [-0.4, -0.2) is 72.8 Å². The van der Waals surface area contributed by atoms with Crippen LogP contribution in [0.4, 0.5) is 17.6 Å². The summed E-state index contributed by atoms with van der Waals surface area (Å²) in [5.41, 5.74) is 0.193. The van der Waals surface area contributed by atoms with Crippen molar-refractivity contribution in [2.45, 2.75) is 24.2 Å². The summed E-state index contributed by atoms with van der Waals surface area (Å²) in [6.45, 7) is 1.79. The number of benzene rings is 2. The molecule has 0 saturated heterocycles. The molecule has 0 saturated carbocycles. The van der Waals surface area contributed by atoms with Gasteiger partial charge in [-0.1, -0.05) is 35.3 Å². The molecule has 1 aliphatic heterocycles. The van der Waals surface area contributed by atoms with Gasteiger partial charge in [-0.3, -0.25) is 9.20 Å². The lowest BCUT2D eigenvalue weighted by Gasteiger charge is -2.30. The molecule has 0 N–H and O–H groups in total. The number of aryl methyl sites for hydroxylation is 1. The van der Waals surface area contributed by atoms with Crippen LogP contribution in [0.15, 0.2) is 53.4 Å². The van der Waals surface area contributed by atoms with Gasteiger partial charge >= 0.3 is 6.36 Å². The Balaban J connectivity index is 1.75. The molecule has 5 rings (SSSR count). The van der Waals surface area contributed by atoms with Crippen molar-refractivity contribution in [3.63, 3.8) is 0 Å². The van der Waals surface area contributed by atoms with Crippen molar-refractivity contribution < 1.29 is 35.5 Å². The van der Waals surface area contributed by atoms with E-state index in [4.69, 9.17) is 23.2 Å². The number of imidazole rings is 1. The van der Waals surface area contributed by atoms with Crippen LogP contribution in [0, 0.1) is 12.7 Å². The summed E-state index contributed by atoms with van der Waals surface area (Å²) in [5.74, 6) is -2.50. The van der Waals surface area contributed by atoms with Crippen LogP contribution >= 0.6 is 23.2 Å². The molecule has 1 atom stereocenters. The molecule has 228 valence electrons. The topological polar surface area (TPSA) is 84.2 Å². The maximum atomic E-state index is 14.5. The zero-order chi connectivity index (χ0) is 31.4. The summed E-state index contributed by atoms with van der Waals surface area (Å²) in [4.78, 5) is 21.8. The number of aromatic nitrogens is 2. The maximum absolute atomic E-state index is 14.5. The summed E-state index contributed by atoms with van der Waals surface area (Å²) >= 11 is 12.4. The number of hydrogen-bond donors (Lipinski definition) is 0. The standard InChI is InChI=1S/C28H24Cl2F4N4O4S/c1-15-13-16(7-10-19(15)31)25-24(35-21-5-4-6-22(38(21)25)42-28(32,33)34)27(39)37(12-11-36(2)3)20-14-43(40,41)26-17(20)8-9-18(29)23(26)30/h4-10,13,20H,11-12,14H2,1-3H3. The van der Waals surface area contributed by atoms with Crippen molar-refractivity contribution in [3.8, 4) is 17.1 Å². The van der Waals surface area contributed by atoms with Gasteiger partial charge in [-0.25, -0.2) is 17.8 Å². The van der Waals surface area contributed by atoms with Gasteiger partial charge < -0.3 is 14.5 Å². The Morgan fingerprint density at radius 3 is 2.49 bits per heavy atom. The first-order valence-electron chi connectivity index (χ1n) is 12.8. The van der Waals surface area contributed by atoms with Gasteiger partial charge in [0.25, 0.3) is 5.91 Å². The van der Waals surface area contributed by atoms with Gasteiger partial charge in [0, 0.05) is 18.7 Å². The summed E-state index contributed by atoms with van der Waals surface area (Å²) < 4.78 is 86.2. The number of sulfone groups is 1. The zero-order valence-corrected chi connectivity index (χ0v) is 25.2. The Morgan fingerprint density at radius 1 is 1.12 bits per heavy atom. The Labute approximate surface area is 254 Å². The molecule has 4 aromatic rings. The van der Waals surface area contributed by atoms with Crippen molar-refractivity contribution in [1.82, 2.24) is 19.2 Å². The highest BCUT2D eigenvalue weighted by Gasteiger charge is 2.43. The van der Waals surface area contributed by atoms with E-state index in [-0.39, 0.29) is 55.2 Å². The van der Waals surface area contributed by atoms with Crippen molar-refractivity contribution in [3.05, 3.63) is 81.2 Å². The number of pyridine rings is 1. The van der Waals surface area contributed by atoms with Crippen LogP contribution < -0.4 is 4.74 Å². The molecule has 0 radical (unpaired) electrons. The van der Waals surface area contributed by atoms with Crippen molar-refractivity contribution in [2.75, 3.05) is 32.9 Å². The molecule has 15 heteroatoms. The molecule has 0 bridgehead atoms. The first-order valence-corrected chi connectivity index (χ1v) is 15.2. The van der Waals surface area contributed by atoms with Crippen LogP contribution in [0.3, 0.4) is 0 Å². The molecule has 43 heavy (non-hydrogen) atoms. The minimum atomic E-state index is -5.07. The van der Waals surface area contributed by atoms with Crippen molar-refractivity contribution in [2.24, 2.45) is 0 Å². The molecule has 0 fully saturated rings. The predicted octanol–water partition coefficient (Wildman–Crippen LogP) is 6.19.